The average molecular weight is 261 g/mol. The van der Waals surface area contributed by atoms with Crippen molar-refractivity contribution in [3.05, 3.63) is 23.2 Å². The summed E-state index contributed by atoms with van der Waals surface area (Å²) in [4.78, 5) is 0.0866. The van der Waals surface area contributed by atoms with E-state index in [4.69, 9.17) is 17.3 Å². The Morgan fingerprint density at radius 2 is 2.06 bits per heavy atom. The zero-order valence-electron chi connectivity index (χ0n) is 8.85. The molecule has 0 radical (unpaired) electrons. The molecule has 6 heteroatoms. The fraction of sp³-hybridized carbons (Fsp3) is 0.400. The van der Waals surface area contributed by atoms with Crippen LogP contribution < -0.4 is 5.73 Å². The standard InChI is InChI=1S/C10H13ClN2O2S/c1-13(8-3-4-8)16(14,15)10-6-7(12)2-5-9(10)11/h2,5-6,8H,3-4,12H2,1H3. The van der Waals surface area contributed by atoms with Crippen molar-refractivity contribution in [1.29, 1.82) is 0 Å². The highest BCUT2D eigenvalue weighted by Crippen LogP contribution is 2.33. The molecule has 0 aliphatic heterocycles. The summed E-state index contributed by atoms with van der Waals surface area (Å²) < 4.78 is 25.7. The molecule has 0 atom stereocenters. The van der Waals surface area contributed by atoms with Crippen molar-refractivity contribution >= 4 is 27.3 Å². The van der Waals surface area contributed by atoms with Gasteiger partial charge in [0.15, 0.2) is 0 Å². The first-order chi connectivity index (χ1) is 7.43. The summed E-state index contributed by atoms with van der Waals surface area (Å²) in [5.41, 5.74) is 5.97. The van der Waals surface area contributed by atoms with Crippen LogP contribution in [0.15, 0.2) is 23.1 Å². The van der Waals surface area contributed by atoms with E-state index in [9.17, 15) is 8.42 Å². The number of rotatable bonds is 3. The Kier molecular flexibility index (Phi) is 2.86. The lowest BCUT2D eigenvalue weighted by molar-refractivity contribution is 0.464. The number of nitrogen functional groups attached to an aromatic ring is 1. The van der Waals surface area contributed by atoms with E-state index in [1.165, 1.54) is 16.4 Å². The number of anilines is 1. The molecule has 0 bridgehead atoms. The van der Waals surface area contributed by atoms with E-state index in [0.29, 0.717) is 5.69 Å². The minimum Gasteiger partial charge on any atom is -0.399 e. The predicted molar refractivity (Wildman–Crippen MR) is 63.8 cm³/mol. The van der Waals surface area contributed by atoms with Gasteiger partial charge in [0.25, 0.3) is 0 Å². The Labute approximate surface area is 100 Å². The SMILES string of the molecule is CN(C1CC1)S(=O)(=O)c1cc(N)ccc1Cl. The van der Waals surface area contributed by atoms with Gasteiger partial charge in [-0.15, -0.1) is 0 Å². The Morgan fingerprint density at radius 3 is 2.62 bits per heavy atom. The van der Waals surface area contributed by atoms with Crippen molar-refractivity contribution in [1.82, 2.24) is 4.31 Å². The van der Waals surface area contributed by atoms with Crippen LogP contribution in [0, 0.1) is 0 Å². The lowest BCUT2D eigenvalue weighted by Crippen LogP contribution is -2.29. The van der Waals surface area contributed by atoms with Gasteiger partial charge < -0.3 is 5.73 Å². The molecule has 1 aromatic carbocycles. The number of hydrogen-bond acceptors (Lipinski definition) is 3. The third kappa shape index (κ3) is 2.03. The molecule has 0 amide bonds. The van der Waals surface area contributed by atoms with Gasteiger partial charge in [0.1, 0.15) is 4.90 Å². The highest BCUT2D eigenvalue weighted by atomic mass is 35.5. The average Bonchev–Trinajstić information content (AvgIpc) is 3.04. The highest BCUT2D eigenvalue weighted by molar-refractivity contribution is 7.89. The monoisotopic (exact) mass is 260 g/mol. The van der Waals surface area contributed by atoms with Crippen LogP contribution in [-0.4, -0.2) is 25.8 Å². The van der Waals surface area contributed by atoms with Crippen LogP contribution in [0.1, 0.15) is 12.8 Å². The van der Waals surface area contributed by atoms with Crippen LogP contribution in [0.2, 0.25) is 5.02 Å². The number of halogens is 1. The van der Waals surface area contributed by atoms with Crippen LogP contribution in [-0.2, 0) is 10.0 Å². The zero-order chi connectivity index (χ0) is 11.9. The molecule has 1 aliphatic rings. The van der Waals surface area contributed by atoms with Crippen molar-refractivity contribution in [2.45, 2.75) is 23.8 Å². The first-order valence-electron chi connectivity index (χ1n) is 4.96. The first-order valence-corrected chi connectivity index (χ1v) is 6.78. The number of nitrogens with two attached hydrogens (primary N) is 1. The molecule has 0 unspecified atom stereocenters. The van der Waals surface area contributed by atoms with Crippen molar-refractivity contribution in [2.75, 3.05) is 12.8 Å². The Hall–Kier alpha value is -0.780. The van der Waals surface area contributed by atoms with Crippen LogP contribution >= 0.6 is 11.6 Å². The third-order valence-electron chi connectivity index (χ3n) is 2.67. The molecule has 2 N–H and O–H groups in total. The number of hydrogen-bond donors (Lipinski definition) is 1. The van der Waals surface area contributed by atoms with Crippen LogP contribution in [0.4, 0.5) is 5.69 Å². The van der Waals surface area contributed by atoms with E-state index in [2.05, 4.69) is 0 Å². The van der Waals surface area contributed by atoms with Crippen molar-refractivity contribution in [2.24, 2.45) is 0 Å². The minimum atomic E-state index is -3.51. The maximum atomic E-state index is 12.2. The molecule has 0 heterocycles. The van der Waals surface area contributed by atoms with Gasteiger partial charge in [0.05, 0.1) is 5.02 Å². The van der Waals surface area contributed by atoms with Gasteiger partial charge in [-0.2, -0.15) is 4.31 Å². The van der Waals surface area contributed by atoms with E-state index in [0.717, 1.165) is 12.8 Å². The van der Waals surface area contributed by atoms with Gasteiger partial charge >= 0.3 is 0 Å². The molecule has 4 nitrogen and oxygen atoms in total. The molecule has 88 valence electrons. The van der Waals surface area contributed by atoms with E-state index in [1.54, 1.807) is 13.1 Å². The minimum absolute atomic E-state index is 0.0866. The molecule has 0 saturated heterocycles. The lowest BCUT2D eigenvalue weighted by atomic mass is 10.3. The van der Waals surface area contributed by atoms with E-state index >= 15 is 0 Å². The van der Waals surface area contributed by atoms with E-state index in [-0.39, 0.29) is 16.0 Å². The Morgan fingerprint density at radius 1 is 1.44 bits per heavy atom. The molecular weight excluding hydrogens is 248 g/mol. The summed E-state index contributed by atoms with van der Waals surface area (Å²) >= 11 is 5.89. The molecule has 2 rings (SSSR count). The summed E-state index contributed by atoms with van der Waals surface area (Å²) in [5, 5.41) is 0.210. The maximum Gasteiger partial charge on any atom is 0.244 e. The van der Waals surface area contributed by atoms with Crippen molar-refractivity contribution < 1.29 is 8.42 Å². The molecule has 1 fully saturated rings. The van der Waals surface area contributed by atoms with Gasteiger partial charge in [-0.05, 0) is 31.0 Å². The summed E-state index contributed by atoms with van der Waals surface area (Å²) in [5.74, 6) is 0. The molecule has 0 spiro atoms. The van der Waals surface area contributed by atoms with E-state index < -0.39 is 10.0 Å². The van der Waals surface area contributed by atoms with Crippen LogP contribution in [0.5, 0.6) is 0 Å². The summed E-state index contributed by atoms with van der Waals surface area (Å²) in [6.45, 7) is 0. The molecule has 1 saturated carbocycles. The Balaban J connectivity index is 2.45. The smallest absolute Gasteiger partial charge is 0.244 e. The second kappa shape index (κ2) is 3.91. The Bertz CT molecular complexity index is 512. The van der Waals surface area contributed by atoms with Gasteiger partial charge in [0.2, 0.25) is 10.0 Å². The van der Waals surface area contributed by atoms with Crippen molar-refractivity contribution in [3.8, 4) is 0 Å². The lowest BCUT2D eigenvalue weighted by Gasteiger charge is -2.17. The highest BCUT2D eigenvalue weighted by Gasteiger charge is 2.35. The predicted octanol–water partition coefficient (Wildman–Crippen LogP) is 1.71. The quantitative estimate of drug-likeness (QED) is 0.842. The summed E-state index contributed by atoms with van der Waals surface area (Å²) in [7, 11) is -1.93. The summed E-state index contributed by atoms with van der Waals surface area (Å²) in [6, 6.07) is 4.60. The molecule has 16 heavy (non-hydrogen) atoms. The maximum absolute atomic E-state index is 12.2. The topological polar surface area (TPSA) is 63.4 Å². The molecule has 0 aromatic heterocycles. The number of sulfonamides is 1. The van der Waals surface area contributed by atoms with Crippen LogP contribution in [0.25, 0.3) is 0 Å². The van der Waals surface area contributed by atoms with Crippen LogP contribution in [0.3, 0.4) is 0 Å². The second-order valence-electron chi connectivity index (χ2n) is 3.94. The summed E-state index contributed by atoms with van der Waals surface area (Å²) in [6.07, 6.45) is 1.82. The second-order valence-corrected chi connectivity index (χ2v) is 6.32. The third-order valence-corrected chi connectivity index (χ3v) is 5.07. The molecule has 1 aromatic rings. The van der Waals surface area contributed by atoms with Gasteiger partial charge in [0, 0.05) is 18.8 Å². The normalized spacial score (nSPS) is 16.7. The molecule has 1 aliphatic carbocycles. The van der Waals surface area contributed by atoms with Crippen molar-refractivity contribution in [3.63, 3.8) is 0 Å². The first kappa shape index (κ1) is 11.7. The number of nitrogens with zero attached hydrogens (tertiary/aromatic N) is 1. The van der Waals surface area contributed by atoms with Gasteiger partial charge in [-0.3, -0.25) is 0 Å². The van der Waals surface area contributed by atoms with Gasteiger partial charge in [-0.25, -0.2) is 8.42 Å². The zero-order valence-corrected chi connectivity index (χ0v) is 10.4. The number of benzene rings is 1. The largest absolute Gasteiger partial charge is 0.399 e. The fourth-order valence-corrected chi connectivity index (χ4v) is 3.43. The van der Waals surface area contributed by atoms with E-state index in [1.807, 2.05) is 0 Å². The van der Waals surface area contributed by atoms with Gasteiger partial charge in [-0.1, -0.05) is 11.6 Å². The molecular formula is C10H13ClN2O2S. The fourth-order valence-electron chi connectivity index (χ4n) is 1.51.